The summed E-state index contributed by atoms with van der Waals surface area (Å²) >= 11 is 0. The minimum absolute atomic E-state index is 0.210. The van der Waals surface area contributed by atoms with E-state index >= 15 is 0 Å². The molecule has 0 atom stereocenters. The zero-order valence-electron chi connectivity index (χ0n) is 17.0. The molecule has 0 saturated carbocycles. The number of aromatic nitrogens is 3. The SMILES string of the molecule is CCCC1(CCC)C[n+]2c(C)nn(-c3ccccc3C)c2-c2ccccc21. The Morgan fingerprint density at radius 2 is 1.63 bits per heavy atom. The summed E-state index contributed by atoms with van der Waals surface area (Å²) in [5.74, 6) is 2.32. The Labute approximate surface area is 162 Å². The molecule has 1 aromatic heterocycles. The first-order chi connectivity index (χ1) is 13.1. The molecule has 2 heterocycles. The zero-order chi connectivity index (χ0) is 19.0. The van der Waals surface area contributed by atoms with Crippen LogP contribution < -0.4 is 4.57 Å². The fraction of sp³-hybridized carbons (Fsp3) is 0.417. The van der Waals surface area contributed by atoms with Gasteiger partial charge in [-0.3, -0.25) is 0 Å². The number of fused-ring (bicyclic) bond motifs is 3. The lowest BCUT2D eigenvalue weighted by molar-refractivity contribution is -0.703. The van der Waals surface area contributed by atoms with Crippen LogP contribution >= 0.6 is 0 Å². The van der Waals surface area contributed by atoms with Gasteiger partial charge in [0.15, 0.2) is 0 Å². The van der Waals surface area contributed by atoms with E-state index < -0.39 is 0 Å². The predicted molar refractivity (Wildman–Crippen MR) is 110 cm³/mol. The molecule has 3 nitrogen and oxygen atoms in total. The van der Waals surface area contributed by atoms with Crippen LogP contribution in [0.5, 0.6) is 0 Å². The van der Waals surface area contributed by atoms with Gasteiger partial charge in [0.25, 0.3) is 11.6 Å². The summed E-state index contributed by atoms with van der Waals surface area (Å²) in [6.45, 7) is 9.96. The largest absolute Gasteiger partial charge is 0.275 e. The van der Waals surface area contributed by atoms with E-state index in [-0.39, 0.29) is 5.41 Å². The highest BCUT2D eigenvalue weighted by Crippen LogP contribution is 2.43. The normalized spacial score (nSPS) is 14.7. The van der Waals surface area contributed by atoms with E-state index in [1.54, 1.807) is 0 Å². The second-order valence-corrected chi connectivity index (χ2v) is 7.98. The van der Waals surface area contributed by atoms with Crippen molar-refractivity contribution in [1.29, 1.82) is 0 Å². The van der Waals surface area contributed by atoms with E-state index in [9.17, 15) is 0 Å². The maximum atomic E-state index is 4.99. The molecule has 3 aromatic rings. The molecular formula is C24H30N3+. The lowest BCUT2D eigenvalue weighted by Gasteiger charge is -2.37. The number of benzene rings is 2. The van der Waals surface area contributed by atoms with Gasteiger partial charge in [0.05, 0.1) is 12.1 Å². The van der Waals surface area contributed by atoms with E-state index in [4.69, 9.17) is 5.10 Å². The summed E-state index contributed by atoms with van der Waals surface area (Å²) in [5.41, 5.74) is 5.47. The molecule has 3 heteroatoms. The van der Waals surface area contributed by atoms with E-state index in [1.165, 1.54) is 53.9 Å². The smallest absolute Gasteiger partial charge is 0.227 e. The number of nitrogens with zero attached hydrogens (tertiary/aromatic N) is 3. The Kier molecular flexibility index (Phi) is 4.63. The second-order valence-electron chi connectivity index (χ2n) is 7.98. The minimum Gasteiger partial charge on any atom is -0.227 e. The van der Waals surface area contributed by atoms with Gasteiger partial charge in [-0.1, -0.05) is 67.8 Å². The molecule has 140 valence electrons. The number of hydrogen-bond acceptors (Lipinski definition) is 1. The first-order valence-corrected chi connectivity index (χ1v) is 10.3. The molecule has 0 bridgehead atoms. The standard InChI is InChI=1S/C24H30N3/c1-5-15-24(16-6-2)17-26-19(4)25-27(22-14-10-7-11-18(22)3)23(26)20-12-8-9-13-21(20)24/h7-14H,5-6,15-17H2,1-4H3/q+1. The predicted octanol–water partition coefficient (Wildman–Crippen LogP) is 5.30. The quantitative estimate of drug-likeness (QED) is 0.566. The van der Waals surface area contributed by atoms with Gasteiger partial charge in [-0.2, -0.15) is 0 Å². The van der Waals surface area contributed by atoms with Crippen molar-refractivity contribution in [2.45, 2.75) is 65.3 Å². The third kappa shape index (κ3) is 2.80. The lowest BCUT2D eigenvalue weighted by atomic mass is 9.70. The van der Waals surface area contributed by atoms with Crippen molar-refractivity contribution >= 4 is 0 Å². The number of rotatable bonds is 5. The van der Waals surface area contributed by atoms with Crippen molar-refractivity contribution in [3.63, 3.8) is 0 Å². The molecule has 1 aliphatic rings. The Balaban J connectivity index is 1.99. The Morgan fingerprint density at radius 3 is 2.33 bits per heavy atom. The van der Waals surface area contributed by atoms with Gasteiger partial charge in [-0.25, -0.2) is 4.57 Å². The summed E-state index contributed by atoms with van der Waals surface area (Å²) < 4.78 is 4.62. The molecule has 27 heavy (non-hydrogen) atoms. The van der Waals surface area contributed by atoms with Crippen LogP contribution in [0.1, 0.15) is 56.5 Å². The van der Waals surface area contributed by atoms with Gasteiger partial charge in [-0.05, 0) is 43.0 Å². The van der Waals surface area contributed by atoms with Gasteiger partial charge in [-0.15, -0.1) is 0 Å². The van der Waals surface area contributed by atoms with Crippen molar-refractivity contribution in [1.82, 2.24) is 9.78 Å². The van der Waals surface area contributed by atoms with Crippen molar-refractivity contribution in [2.24, 2.45) is 0 Å². The maximum Gasteiger partial charge on any atom is 0.275 e. The highest BCUT2D eigenvalue weighted by Gasteiger charge is 2.43. The van der Waals surface area contributed by atoms with E-state index in [0.717, 1.165) is 12.4 Å². The summed E-state index contributed by atoms with van der Waals surface area (Å²) in [4.78, 5) is 0. The molecule has 2 aromatic carbocycles. The topological polar surface area (TPSA) is 21.7 Å². The van der Waals surface area contributed by atoms with Gasteiger partial charge < -0.3 is 0 Å². The highest BCUT2D eigenvalue weighted by atomic mass is 15.4. The van der Waals surface area contributed by atoms with Gasteiger partial charge in [0.1, 0.15) is 5.69 Å². The number of hydrogen-bond donors (Lipinski definition) is 0. The van der Waals surface area contributed by atoms with Gasteiger partial charge in [0.2, 0.25) is 0 Å². The summed E-state index contributed by atoms with van der Waals surface area (Å²) in [5, 5.41) is 4.99. The highest BCUT2D eigenvalue weighted by molar-refractivity contribution is 5.64. The van der Waals surface area contributed by atoms with Crippen molar-refractivity contribution in [3.8, 4) is 17.1 Å². The van der Waals surface area contributed by atoms with Crippen LogP contribution in [0.2, 0.25) is 0 Å². The van der Waals surface area contributed by atoms with Crippen LogP contribution in [0, 0.1) is 13.8 Å². The van der Waals surface area contributed by atoms with Crippen molar-refractivity contribution < 1.29 is 4.57 Å². The molecule has 0 radical (unpaired) electrons. The van der Waals surface area contributed by atoms with Crippen LogP contribution in [0.25, 0.3) is 17.1 Å². The second kappa shape index (κ2) is 6.95. The zero-order valence-corrected chi connectivity index (χ0v) is 17.0. The van der Waals surface area contributed by atoms with Crippen LogP contribution in [-0.2, 0) is 12.0 Å². The monoisotopic (exact) mass is 360 g/mol. The summed E-state index contributed by atoms with van der Waals surface area (Å²) in [6.07, 6.45) is 4.85. The average Bonchev–Trinajstić information content (AvgIpc) is 2.99. The number of aryl methyl sites for hydroxylation is 2. The van der Waals surface area contributed by atoms with E-state index in [0.29, 0.717) is 0 Å². The summed E-state index contributed by atoms with van der Waals surface area (Å²) in [6, 6.07) is 17.5. The molecule has 1 aliphatic heterocycles. The van der Waals surface area contributed by atoms with Gasteiger partial charge >= 0.3 is 0 Å². The molecule has 0 unspecified atom stereocenters. The average molecular weight is 361 g/mol. The molecule has 0 N–H and O–H groups in total. The van der Waals surface area contributed by atoms with Gasteiger partial charge in [0, 0.05) is 17.4 Å². The van der Waals surface area contributed by atoms with Crippen molar-refractivity contribution in [2.75, 3.05) is 0 Å². The minimum atomic E-state index is 0.210. The van der Waals surface area contributed by atoms with Crippen molar-refractivity contribution in [3.05, 3.63) is 65.5 Å². The molecule has 0 aliphatic carbocycles. The van der Waals surface area contributed by atoms with Crippen LogP contribution in [0.4, 0.5) is 0 Å². The molecular weight excluding hydrogens is 330 g/mol. The summed E-state index contributed by atoms with van der Waals surface area (Å²) in [7, 11) is 0. The number of para-hydroxylation sites is 1. The first kappa shape index (κ1) is 18.0. The molecule has 0 spiro atoms. The molecule has 0 amide bonds. The van der Waals surface area contributed by atoms with Crippen LogP contribution in [0.3, 0.4) is 0 Å². The van der Waals surface area contributed by atoms with E-state index in [2.05, 4.69) is 85.5 Å². The molecule has 4 rings (SSSR count). The molecule has 0 fully saturated rings. The third-order valence-electron chi connectivity index (χ3n) is 6.09. The third-order valence-corrected chi connectivity index (χ3v) is 6.09. The fourth-order valence-corrected chi connectivity index (χ4v) is 4.97. The fourth-order valence-electron chi connectivity index (χ4n) is 4.97. The molecule has 0 saturated heterocycles. The van der Waals surface area contributed by atoms with Crippen LogP contribution in [-0.4, -0.2) is 9.78 Å². The Hall–Kier alpha value is -2.42. The first-order valence-electron chi connectivity index (χ1n) is 10.3. The maximum absolute atomic E-state index is 4.99. The van der Waals surface area contributed by atoms with Crippen LogP contribution in [0.15, 0.2) is 48.5 Å². The Bertz CT molecular complexity index is 962. The Morgan fingerprint density at radius 1 is 0.963 bits per heavy atom. The lowest BCUT2D eigenvalue weighted by Crippen LogP contribution is -2.52. The van der Waals surface area contributed by atoms with E-state index in [1.807, 2.05) is 0 Å².